The smallest absolute Gasteiger partial charge is 0.324 e. The van der Waals surface area contributed by atoms with E-state index in [-0.39, 0.29) is 23.8 Å². The highest BCUT2D eigenvalue weighted by atomic mass is 19.1. The first-order valence-electron chi connectivity index (χ1n) is 13.2. The summed E-state index contributed by atoms with van der Waals surface area (Å²) in [5.74, 6) is -1.68. The van der Waals surface area contributed by atoms with Crippen LogP contribution in [0.1, 0.15) is 54.3 Å². The van der Waals surface area contributed by atoms with Crippen LogP contribution < -0.4 is 16.0 Å². The van der Waals surface area contributed by atoms with Crippen LogP contribution in [0.2, 0.25) is 0 Å². The van der Waals surface area contributed by atoms with Crippen LogP contribution in [-0.2, 0) is 16.1 Å². The maximum Gasteiger partial charge on any atom is 0.324 e. The number of nitrogens with one attached hydrogen (secondary N) is 1. The van der Waals surface area contributed by atoms with Crippen molar-refractivity contribution in [3.63, 3.8) is 0 Å². The average molecular weight is 531 g/mol. The number of carbonyl (C=O) groups is 3. The Balaban J connectivity index is 1.50. The minimum Gasteiger partial charge on any atom is -0.368 e. The Morgan fingerprint density at radius 1 is 0.923 bits per heavy atom. The largest absolute Gasteiger partial charge is 0.368 e. The van der Waals surface area contributed by atoms with E-state index in [0.29, 0.717) is 18.5 Å². The molecule has 3 aromatic rings. The van der Waals surface area contributed by atoms with E-state index >= 15 is 0 Å². The molecule has 0 aromatic heterocycles. The average Bonchev–Trinajstić information content (AvgIpc) is 2.95. The number of halogens is 1. The number of carbonyl (C=O) groups excluding carboxylic acids is 3. The molecule has 7 nitrogen and oxygen atoms in total. The van der Waals surface area contributed by atoms with Gasteiger partial charge in [0.1, 0.15) is 11.9 Å². The Hall–Kier alpha value is -4.20. The second kappa shape index (κ2) is 12.6. The number of nitrogens with zero attached hydrogens (tertiary/aromatic N) is 2. The molecule has 4 amide bonds. The zero-order valence-corrected chi connectivity index (χ0v) is 22.3. The van der Waals surface area contributed by atoms with Gasteiger partial charge in [0.15, 0.2) is 0 Å². The zero-order chi connectivity index (χ0) is 27.9. The molecule has 3 unspecified atom stereocenters. The molecule has 3 atom stereocenters. The molecule has 1 fully saturated rings. The van der Waals surface area contributed by atoms with Gasteiger partial charge in [-0.25, -0.2) is 9.18 Å². The van der Waals surface area contributed by atoms with Crippen LogP contribution in [0, 0.1) is 11.7 Å². The molecule has 0 heterocycles. The fourth-order valence-corrected chi connectivity index (χ4v) is 5.24. The van der Waals surface area contributed by atoms with Gasteiger partial charge in [-0.05, 0) is 59.7 Å². The molecule has 0 spiro atoms. The van der Waals surface area contributed by atoms with E-state index in [2.05, 4.69) is 5.32 Å². The number of hydrogen-bond acceptors (Lipinski definition) is 3. The van der Waals surface area contributed by atoms with E-state index in [1.165, 1.54) is 24.3 Å². The SMILES string of the molecule is CN(C)C(=O)N(Cc1ccc(C2CCCCC2C(=O)NC(C(N)=O)c2ccc(F)cc2)cc1)c1ccccc1. The summed E-state index contributed by atoms with van der Waals surface area (Å²) < 4.78 is 13.4. The lowest BCUT2D eigenvalue weighted by atomic mass is 9.74. The van der Waals surface area contributed by atoms with Gasteiger partial charge in [-0.15, -0.1) is 0 Å². The Morgan fingerprint density at radius 2 is 1.56 bits per heavy atom. The molecule has 39 heavy (non-hydrogen) atoms. The third kappa shape index (κ3) is 6.82. The molecule has 8 heteroatoms. The summed E-state index contributed by atoms with van der Waals surface area (Å²) in [7, 11) is 3.46. The van der Waals surface area contributed by atoms with Crippen LogP contribution in [0.15, 0.2) is 78.9 Å². The number of hydrogen-bond donors (Lipinski definition) is 2. The molecule has 204 valence electrons. The fraction of sp³-hybridized carbons (Fsp3) is 0.323. The number of benzene rings is 3. The topological polar surface area (TPSA) is 95.7 Å². The van der Waals surface area contributed by atoms with E-state index in [4.69, 9.17) is 5.73 Å². The number of urea groups is 1. The molecule has 3 aromatic carbocycles. The number of nitrogens with two attached hydrogens (primary N) is 1. The summed E-state index contributed by atoms with van der Waals surface area (Å²) in [6, 6.07) is 21.9. The summed E-state index contributed by atoms with van der Waals surface area (Å²) in [5.41, 5.74) is 8.87. The van der Waals surface area contributed by atoms with Crippen molar-refractivity contribution in [1.29, 1.82) is 0 Å². The second-order valence-electron chi connectivity index (χ2n) is 10.2. The maximum atomic E-state index is 13.4. The Kier molecular flexibility index (Phi) is 8.96. The molecule has 3 N–H and O–H groups in total. The van der Waals surface area contributed by atoms with Gasteiger partial charge in [-0.2, -0.15) is 0 Å². The number of para-hydroxylation sites is 1. The first kappa shape index (κ1) is 27.8. The van der Waals surface area contributed by atoms with Crippen LogP contribution in [0.3, 0.4) is 0 Å². The van der Waals surface area contributed by atoms with Crippen LogP contribution >= 0.6 is 0 Å². The van der Waals surface area contributed by atoms with Crippen molar-refractivity contribution in [2.24, 2.45) is 11.7 Å². The van der Waals surface area contributed by atoms with Gasteiger partial charge in [0.2, 0.25) is 11.8 Å². The molecular formula is C31H35FN4O3. The van der Waals surface area contributed by atoms with Crippen molar-refractivity contribution in [2.75, 3.05) is 19.0 Å². The van der Waals surface area contributed by atoms with Crippen LogP contribution in [0.25, 0.3) is 0 Å². The highest BCUT2D eigenvalue weighted by Crippen LogP contribution is 2.38. The van der Waals surface area contributed by atoms with Gasteiger partial charge < -0.3 is 16.0 Å². The third-order valence-electron chi connectivity index (χ3n) is 7.31. The van der Waals surface area contributed by atoms with Crippen molar-refractivity contribution in [1.82, 2.24) is 10.2 Å². The summed E-state index contributed by atoms with van der Waals surface area (Å²) in [6.45, 7) is 0.411. The Labute approximate surface area is 228 Å². The Bertz CT molecular complexity index is 1280. The van der Waals surface area contributed by atoms with Crippen molar-refractivity contribution in [3.05, 3.63) is 101 Å². The van der Waals surface area contributed by atoms with Crippen molar-refractivity contribution < 1.29 is 18.8 Å². The molecular weight excluding hydrogens is 495 g/mol. The molecule has 0 aliphatic heterocycles. The summed E-state index contributed by atoms with van der Waals surface area (Å²) >= 11 is 0. The lowest BCUT2D eigenvalue weighted by molar-refractivity contribution is -0.131. The first-order chi connectivity index (χ1) is 18.7. The minimum absolute atomic E-state index is 0.0109. The van der Waals surface area contributed by atoms with Crippen molar-refractivity contribution >= 4 is 23.5 Å². The van der Waals surface area contributed by atoms with E-state index in [0.717, 1.165) is 36.1 Å². The molecule has 1 aliphatic carbocycles. The highest BCUT2D eigenvalue weighted by Gasteiger charge is 2.34. The van der Waals surface area contributed by atoms with Crippen molar-refractivity contribution in [3.8, 4) is 0 Å². The predicted octanol–water partition coefficient (Wildman–Crippen LogP) is 5.13. The van der Waals surface area contributed by atoms with Gasteiger partial charge in [-0.3, -0.25) is 14.5 Å². The van der Waals surface area contributed by atoms with Crippen LogP contribution in [0.4, 0.5) is 14.9 Å². The lowest BCUT2D eigenvalue weighted by Gasteiger charge is -2.32. The van der Waals surface area contributed by atoms with E-state index in [1.54, 1.807) is 23.9 Å². The molecule has 0 radical (unpaired) electrons. The molecule has 1 saturated carbocycles. The minimum atomic E-state index is -1.03. The van der Waals surface area contributed by atoms with Gasteiger partial charge in [0.25, 0.3) is 0 Å². The molecule has 1 aliphatic rings. The summed E-state index contributed by atoms with van der Waals surface area (Å²) in [5, 5.41) is 2.82. The lowest BCUT2D eigenvalue weighted by Crippen LogP contribution is -2.42. The van der Waals surface area contributed by atoms with Gasteiger partial charge in [-0.1, -0.05) is 67.4 Å². The van der Waals surface area contributed by atoms with Gasteiger partial charge in [0, 0.05) is 25.7 Å². The maximum absolute atomic E-state index is 13.4. The predicted molar refractivity (Wildman–Crippen MR) is 149 cm³/mol. The Morgan fingerprint density at radius 3 is 2.18 bits per heavy atom. The summed E-state index contributed by atoms with van der Waals surface area (Å²) in [6.07, 6.45) is 3.48. The quantitative estimate of drug-likeness (QED) is 0.423. The van der Waals surface area contributed by atoms with E-state index in [1.807, 2.05) is 54.6 Å². The zero-order valence-electron chi connectivity index (χ0n) is 22.3. The van der Waals surface area contributed by atoms with E-state index < -0.39 is 17.8 Å². The molecule has 0 bridgehead atoms. The normalized spacial score (nSPS) is 17.6. The third-order valence-corrected chi connectivity index (χ3v) is 7.31. The monoisotopic (exact) mass is 530 g/mol. The van der Waals surface area contributed by atoms with E-state index in [9.17, 15) is 18.8 Å². The van der Waals surface area contributed by atoms with Gasteiger partial charge >= 0.3 is 6.03 Å². The number of rotatable bonds is 8. The highest BCUT2D eigenvalue weighted by molar-refractivity contribution is 5.91. The second-order valence-corrected chi connectivity index (χ2v) is 10.2. The van der Waals surface area contributed by atoms with Gasteiger partial charge in [0.05, 0.1) is 6.54 Å². The standard InChI is InChI=1S/C31H35FN4O3/c1-35(2)31(39)36(25-8-4-3-5-9-25)20-21-12-14-22(15-13-21)26-10-6-7-11-27(26)30(38)34-28(29(33)37)23-16-18-24(32)19-17-23/h3-5,8-9,12-19,26-28H,6-7,10-11,20H2,1-2H3,(H2,33,37)(H,34,38). The first-order valence-corrected chi connectivity index (χ1v) is 13.2. The molecule has 4 rings (SSSR count). The number of anilines is 1. The van der Waals surface area contributed by atoms with Crippen molar-refractivity contribution in [2.45, 2.75) is 44.2 Å². The van der Waals surface area contributed by atoms with Crippen LogP contribution in [-0.4, -0.2) is 36.8 Å². The summed E-state index contributed by atoms with van der Waals surface area (Å²) in [4.78, 5) is 41.7. The fourth-order valence-electron chi connectivity index (χ4n) is 5.24. The number of primary amides is 1. The number of amides is 4. The molecule has 0 saturated heterocycles. The van der Waals surface area contributed by atoms with Crippen LogP contribution in [0.5, 0.6) is 0 Å².